The number of alkyl halides is 2. The van der Waals surface area contributed by atoms with Gasteiger partial charge in [0.1, 0.15) is 5.54 Å². The molecular formula is C18H22F2N4O4. The quantitative estimate of drug-likeness (QED) is 0.699. The number of hydrogen-bond acceptors (Lipinski definition) is 7. The Morgan fingerprint density at radius 1 is 1.32 bits per heavy atom. The summed E-state index contributed by atoms with van der Waals surface area (Å²) in [6, 6.07) is 0. The molecule has 3 aliphatic rings. The Kier molecular flexibility index (Phi) is 4.59. The number of carbonyl (C=O) groups excluding carboxylic acids is 2. The minimum absolute atomic E-state index is 0.0305. The molecule has 0 bridgehead atoms. The summed E-state index contributed by atoms with van der Waals surface area (Å²) in [4.78, 5) is 34.4. The number of rotatable bonds is 7. The Labute approximate surface area is 160 Å². The number of aromatic nitrogens is 2. The van der Waals surface area contributed by atoms with Gasteiger partial charge in [0.15, 0.2) is 11.5 Å². The molecule has 0 unspecified atom stereocenters. The number of nitrogens with zero attached hydrogens (tertiary/aromatic N) is 3. The third kappa shape index (κ3) is 3.59. The molecule has 1 amide bonds. The highest BCUT2D eigenvalue weighted by atomic mass is 19.3. The van der Waals surface area contributed by atoms with Crippen molar-refractivity contribution in [1.29, 1.82) is 0 Å². The van der Waals surface area contributed by atoms with Gasteiger partial charge in [-0.25, -0.2) is 23.5 Å². The maximum absolute atomic E-state index is 13.2. The lowest BCUT2D eigenvalue weighted by Gasteiger charge is -2.40. The minimum atomic E-state index is -2.76. The second-order valence-corrected chi connectivity index (χ2v) is 7.73. The van der Waals surface area contributed by atoms with E-state index in [4.69, 9.17) is 9.47 Å². The van der Waals surface area contributed by atoms with Crippen molar-refractivity contribution in [3.8, 4) is 5.88 Å². The van der Waals surface area contributed by atoms with E-state index in [1.54, 1.807) is 0 Å². The van der Waals surface area contributed by atoms with Crippen LogP contribution in [0.5, 0.6) is 5.88 Å². The molecule has 4 rings (SSSR count). The van der Waals surface area contributed by atoms with Crippen LogP contribution in [-0.4, -0.2) is 60.1 Å². The normalized spacial score (nSPS) is 21.9. The number of amides is 1. The fourth-order valence-corrected chi connectivity index (χ4v) is 3.32. The third-order valence-corrected chi connectivity index (χ3v) is 5.39. The Hall–Kier alpha value is -2.52. The smallest absolute Gasteiger partial charge is 0.331 e. The summed E-state index contributed by atoms with van der Waals surface area (Å²) in [5, 5.41) is 2.69. The van der Waals surface area contributed by atoms with E-state index in [9.17, 15) is 18.4 Å². The Morgan fingerprint density at radius 2 is 2.04 bits per heavy atom. The number of carbonyl (C=O) groups is 2. The van der Waals surface area contributed by atoms with Gasteiger partial charge in [0.25, 0.3) is 17.7 Å². The molecule has 0 spiro atoms. The summed E-state index contributed by atoms with van der Waals surface area (Å²) in [5.74, 6) is -3.14. The van der Waals surface area contributed by atoms with Crippen molar-refractivity contribution >= 4 is 17.7 Å². The third-order valence-electron chi connectivity index (χ3n) is 5.39. The van der Waals surface area contributed by atoms with Crippen LogP contribution in [0.4, 0.5) is 14.6 Å². The molecule has 2 heterocycles. The maximum atomic E-state index is 13.2. The highest BCUT2D eigenvalue weighted by Gasteiger charge is 2.48. The first kappa shape index (κ1) is 18.8. The van der Waals surface area contributed by atoms with E-state index >= 15 is 0 Å². The lowest BCUT2D eigenvalue weighted by molar-refractivity contribution is -0.152. The van der Waals surface area contributed by atoms with E-state index in [1.807, 2.05) is 0 Å². The van der Waals surface area contributed by atoms with Crippen molar-refractivity contribution in [1.82, 2.24) is 15.3 Å². The van der Waals surface area contributed by atoms with Crippen LogP contribution in [0.2, 0.25) is 0 Å². The Morgan fingerprint density at radius 3 is 2.57 bits per heavy atom. The predicted molar refractivity (Wildman–Crippen MR) is 93.5 cm³/mol. The topological polar surface area (TPSA) is 93.6 Å². The van der Waals surface area contributed by atoms with Gasteiger partial charge in [-0.3, -0.25) is 4.79 Å². The molecule has 0 radical (unpaired) electrons. The van der Waals surface area contributed by atoms with Gasteiger partial charge in [-0.1, -0.05) is 0 Å². The summed E-state index contributed by atoms with van der Waals surface area (Å²) in [5.41, 5.74) is -1.07. The number of ether oxygens (including phenoxy) is 2. The molecule has 2 saturated carbocycles. The van der Waals surface area contributed by atoms with Crippen LogP contribution in [0.1, 0.15) is 42.6 Å². The van der Waals surface area contributed by atoms with Gasteiger partial charge in [-0.2, -0.15) is 0 Å². The number of anilines is 1. The van der Waals surface area contributed by atoms with Crippen molar-refractivity contribution in [2.75, 3.05) is 31.7 Å². The van der Waals surface area contributed by atoms with Crippen molar-refractivity contribution in [2.45, 2.75) is 43.6 Å². The maximum Gasteiger partial charge on any atom is 0.331 e. The fraction of sp³-hybridized carbons (Fsp3) is 0.667. The highest BCUT2D eigenvalue weighted by Crippen LogP contribution is 2.37. The van der Waals surface area contributed by atoms with Crippen molar-refractivity contribution in [3.05, 3.63) is 11.9 Å². The molecule has 10 heteroatoms. The van der Waals surface area contributed by atoms with Gasteiger partial charge >= 0.3 is 5.97 Å². The molecular weight excluding hydrogens is 374 g/mol. The zero-order valence-electron chi connectivity index (χ0n) is 15.5. The van der Waals surface area contributed by atoms with Crippen LogP contribution in [0.3, 0.4) is 0 Å². The van der Waals surface area contributed by atoms with Gasteiger partial charge < -0.3 is 19.7 Å². The molecule has 0 aromatic carbocycles. The largest absolute Gasteiger partial charge is 0.475 e. The van der Waals surface area contributed by atoms with Gasteiger partial charge in [0.2, 0.25) is 0 Å². The van der Waals surface area contributed by atoms with Crippen molar-refractivity contribution < 1.29 is 27.8 Å². The molecule has 28 heavy (non-hydrogen) atoms. The SMILES string of the molecule is COC(=O)C1(NC(=O)c2cnc(N3CC(F)(F)C3)c(OCC3CC3)n2)CCC1. The minimum Gasteiger partial charge on any atom is -0.475 e. The van der Waals surface area contributed by atoms with Gasteiger partial charge in [-0.15, -0.1) is 0 Å². The zero-order chi connectivity index (χ0) is 19.9. The summed E-state index contributed by atoms with van der Waals surface area (Å²) < 4.78 is 37.0. The fourth-order valence-electron chi connectivity index (χ4n) is 3.32. The lowest BCUT2D eigenvalue weighted by Crippen LogP contribution is -2.59. The van der Waals surface area contributed by atoms with Crippen LogP contribution in [0.15, 0.2) is 6.20 Å². The molecule has 1 aromatic heterocycles. The average Bonchev–Trinajstić information content (AvgIpc) is 3.44. The molecule has 152 valence electrons. The number of esters is 1. The zero-order valence-corrected chi connectivity index (χ0v) is 15.5. The van der Waals surface area contributed by atoms with E-state index in [0.29, 0.717) is 25.4 Å². The van der Waals surface area contributed by atoms with Gasteiger partial charge in [-0.05, 0) is 38.0 Å². The standard InChI is InChI=1S/C18H22F2N4O4/c1-27-16(26)17(5-2-6-17)23-14(25)12-7-21-13(24-9-18(19,20)10-24)15(22-12)28-8-11-3-4-11/h7,11H,2-6,8-10H2,1H3,(H,23,25). The first-order valence-electron chi connectivity index (χ1n) is 9.35. The van der Waals surface area contributed by atoms with E-state index in [0.717, 1.165) is 19.3 Å². The van der Waals surface area contributed by atoms with Crippen LogP contribution >= 0.6 is 0 Å². The van der Waals surface area contributed by atoms with E-state index in [-0.39, 0.29) is 17.4 Å². The van der Waals surface area contributed by atoms with Crippen LogP contribution in [0, 0.1) is 5.92 Å². The molecule has 1 aliphatic heterocycles. The molecule has 1 aromatic rings. The molecule has 0 atom stereocenters. The van der Waals surface area contributed by atoms with E-state index in [1.165, 1.54) is 18.2 Å². The van der Waals surface area contributed by atoms with Crippen LogP contribution in [-0.2, 0) is 9.53 Å². The predicted octanol–water partition coefficient (Wildman–Crippen LogP) is 1.55. The second kappa shape index (κ2) is 6.82. The lowest BCUT2D eigenvalue weighted by atomic mass is 9.76. The average molecular weight is 396 g/mol. The van der Waals surface area contributed by atoms with Gasteiger partial charge in [0.05, 0.1) is 33.0 Å². The molecule has 2 aliphatic carbocycles. The van der Waals surface area contributed by atoms with Crippen LogP contribution < -0.4 is 15.0 Å². The van der Waals surface area contributed by atoms with Crippen molar-refractivity contribution in [2.24, 2.45) is 5.92 Å². The monoisotopic (exact) mass is 396 g/mol. The first-order chi connectivity index (χ1) is 13.3. The van der Waals surface area contributed by atoms with E-state index < -0.39 is 36.4 Å². The summed E-state index contributed by atoms with van der Waals surface area (Å²) >= 11 is 0. The first-order valence-corrected chi connectivity index (χ1v) is 9.35. The number of methoxy groups -OCH3 is 1. The molecule has 8 nitrogen and oxygen atoms in total. The summed E-state index contributed by atoms with van der Waals surface area (Å²) in [6.07, 6.45) is 5.10. The highest BCUT2D eigenvalue weighted by molar-refractivity contribution is 5.97. The summed E-state index contributed by atoms with van der Waals surface area (Å²) in [7, 11) is 1.27. The Bertz CT molecular complexity index is 788. The van der Waals surface area contributed by atoms with Crippen LogP contribution in [0.25, 0.3) is 0 Å². The Balaban J connectivity index is 1.52. The number of hydrogen-bond donors (Lipinski definition) is 1. The van der Waals surface area contributed by atoms with Crippen molar-refractivity contribution in [3.63, 3.8) is 0 Å². The second-order valence-electron chi connectivity index (χ2n) is 7.73. The number of nitrogens with one attached hydrogen (secondary N) is 1. The molecule has 1 saturated heterocycles. The number of halogens is 2. The van der Waals surface area contributed by atoms with Gasteiger partial charge in [0, 0.05) is 0 Å². The molecule has 1 N–H and O–H groups in total. The van der Waals surface area contributed by atoms with E-state index in [2.05, 4.69) is 15.3 Å². The summed E-state index contributed by atoms with van der Waals surface area (Å²) in [6.45, 7) is -0.514. The molecule has 3 fully saturated rings.